The Balaban J connectivity index is 2.11. The minimum absolute atomic E-state index is 0.115. The SMILES string of the molecule is CC(O)CC(O)COC(c1ccccc1)(c1ccccc1)c1ccccc1. The maximum atomic E-state index is 10.3. The number of ether oxygens (including phenoxy) is 1. The van der Waals surface area contributed by atoms with Crippen molar-refractivity contribution in [2.24, 2.45) is 0 Å². The van der Waals surface area contributed by atoms with Gasteiger partial charge in [-0.05, 0) is 23.6 Å². The zero-order valence-electron chi connectivity index (χ0n) is 15.5. The zero-order chi connectivity index (χ0) is 19.1. The van der Waals surface area contributed by atoms with Crippen molar-refractivity contribution in [3.05, 3.63) is 108 Å². The van der Waals surface area contributed by atoms with E-state index in [0.29, 0.717) is 0 Å². The van der Waals surface area contributed by atoms with Crippen LogP contribution in [0.2, 0.25) is 0 Å². The smallest absolute Gasteiger partial charge is 0.143 e. The van der Waals surface area contributed by atoms with Crippen LogP contribution < -0.4 is 0 Å². The summed E-state index contributed by atoms with van der Waals surface area (Å²) in [7, 11) is 0. The Morgan fingerprint density at radius 1 is 0.704 bits per heavy atom. The summed E-state index contributed by atoms with van der Waals surface area (Å²) in [6.07, 6.45) is -1.06. The molecule has 0 heterocycles. The molecule has 0 saturated carbocycles. The first kappa shape index (κ1) is 19.3. The normalized spacial score (nSPS) is 13.9. The fraction of sp³-hybridized carbons (Fsp3) is 0.250. The van der Waals surface area contributed by atoms with E-state index in [-0.39, 0.29) is 13.0 Å². The van der Waals surface area contributed by atoms with E-state index in [2.05, 4.69) is 0 Å². The Morgan fingerprint density at radius 2 is 1.07 bits per heavy atom. The highest BCUT2D eigenvalue weighted by molar-refractivity contribution is 5.47. The molecule has 3 heteroatoms. The molecule has 3 rings (SSSR count). The first-order chi connectivity index (χ1) is 13.1. The van der Waals surface area contributed by atoms with Gasteiger partial charge in [0.2, 0.25) is 0 Å². The number of aliphatic hydroxyl groups is 2. The third-order valence-corrected chi connectivity index (χ3v) is 4.65. The molecular weight excluding hydrogens is 336 g/mol. The van der Waals surface area contributed by atoms with Gasteiger partial charge in [0, 0.05) is 6.42 Å². The highest BCUT2D eigenvalue weighted by Gasteiger charge is 2.38. The van der Waals surface area contributed by atoms with Gasteiger partial charge in [0.25, 0.3) is 0 Å². The van der Waals surface area contributed by atoms with Crippen molar-refractivity contribution in [1.29, 1.82) is 0 Å². The third-order valence-electron chi connectivity index (χ3n) is 4.65. The summed E-state index contributed by atoms with van der Waals surface area (Å²) >= 11 is 0. The van der Waals surface area contributed by atoms with Gasteiger partial charge in [0.1, 0.15) is 5.60 Å². The van der Waals surface area contributed by atoms with Gasteiger partial charge in [-0.3, -0.25) is 0 Å². The lowest BCUT2D eigenvalue weighted by molar-refractivity contribution is -0.0492. The molecule has 0 spiro atoms. The fourth-order valence-electron chi connectivity index (χ4n) is 3.45. The summed E-state index contributed by atoms with van der Waals surface area (Å²) in [5.74, 6) is 0. The number of aliphatic hydroxyl groups excluding tert-OH is 2. The molecule has 3 aromatic carbocycles. The molecule has 0 aliphatic rings. The van der Waals surface area contributed by atoms with Crippen molar-refractivity contribution in [2.45, 2.75) is 31.2 Å². The minimum atomic E-state index is -0.844. The highest BCUT2D eigenvalue weighted by Crippen LogP contribution is 2.40. The number of hydrogen-bond donors (Lipinski definition) is 2. The molecule has 0 radical (unpaired) electrons. The van der Waals surface area contributed by atoms with Crippen LogP contribution in [0.15, 0.2) is 91.0 Å². The molecule has 140 valence electrons. The van der Waals surface area contributed by atoms with Gasteiger partial charge < -0.3 is 14.9 Å². The Morgan fingerprint density at radius 3 is 1.41 bits per heavy atom. The maximum absolute atomic E-state index is 10.3. The predicted molar refractivity (Wildman–Crippen MR) is 107 cm³/mol. The van der Waals surface area contributed by atoms with Crippen molar-refractivity contribution in [1.82, 2.24) is 0 Å². The summed E-state index contributed by atoms with van der Waals surface area (Å²) < 4.78 is 6.49. The lowest BCUT2D eigenvalue weighted by Crippen LogP contribution is -2.36. The predicted octanol–water partition coefficient (Wildman–Crippen LogP) is 4.13. The van der Waals surface area contributed by atoms with Crippen LogP contribution in [0.5, 0.6) is 0 Å². The summed E-state index contributed by atoms with van der Waals surface area (Å²) in [4.78, 5) is 0. The third kappa shape index (κ3) is 4.45. The molecular formula is C24H26O3. The second-order valence-electron chi connectivity index (χ2n) is 6.83. The summed E-state index contributed by atoms with van der Waals surface area (Å²) in [5, 5.41) is 19.9. The molecule has 2 atom stereocenters. The summed E-state index contributed by atoms with van der Waals surface area (Å²) in [5.41, 5.74) is 2.13. The van der Waals surface area contributed by atoms with Gasteiger partial charge in [-0.2, -0.15) is 0 Å². The molecule has 3 nitrogen and oxygen atoms in total. The van der Waals surface area contributed by atoms with Crippen molar-refractivity contribution in [3.63, 3.8) is 0 Å². The van der Waals surface area contributed by atoms with Crippen LogP contribution >= 0.6 is 0 Å². The molecule has 2 unspecified atom stereocenters. The van der Waals surface area contributed by atoms with E-state index < -0.39 is 17.8 Å². The van der Waals surface area contributed by atoms with Crippen LogP contribution in [-0.2, 0) is 10.3 Å². The van der Waals surface area contributed by atoms with E-state index >= 15 is 0 Å². The average Bonchev–Trinajstić information content (AvgIpc) is 2.70. The largest absolute Gasteiger partial charge is 0.393 e. The Kier molecular flexibility index (Phi) is 6.40. The molecule has 0 saturated heterocycles. The lowest BCUT2D eigenvalue weighted by atomic mass is 9.80. The van der Waals surface area contributed by atoms with Gasteiger partial charge in [-0.25, -0.2) is 0 Å². The minimum Gasteiger partial charge on any atom is -0.393 e. The van der Waals surface area contributed by atoms with Gasteiger partial charge >= 0.3 is 0 Å². The maximum Gasteiger partial charge on any atom is 0.143 e. The molecule has 0 aliphatic heterocycles. The number of rotatable bonds is 8. The van der Waals surface area contributed by atoms with Gasteiger partial charge in [0.05, 0.1) is 18.8 Å². The Labute approximate surface area is 160 Å². The Hall–Kier alpha value is -2.46. The standard InChI is InChI=1S/C24H26O3/c1-19(25)17-23(26)18-27-24(20-11-5-2-6-12-20,21-13-7-3-8-14-21)22-15-9-4-10-16-22/h2-16,19,23,25-26H,17-18H2,1H3. The highest BCUT2D eigenvalue weighted by atomic mass is 16.5. The van der Waals surface area contributed by atoms with E-state index in [4.69, 9.17) is 4.74 Å². The first-order valence-electron chi connectivity index (χ1n) is 9.29. The van der Waals surface area contributed by atoms with Crippen molar-refractivity contribution in [2.75, 3.05) is 6.61 Å². The van der Waals surface area contributed by atoms with Crippen LogP contribution in [0.25, 0.3) is 0 Å². The van der Waals surface area contributed by atoms with Crippen LogP contribution in [0.4, 0.5) is 0 Å². The molecule has 0 fully saturated rings. The fourth-order valence-corrected chi connectivity index (χ4v) is 3.45. The quantitative estimate of drug-likeness (QED) is 0.593. The lowest BCUT2D eigenvalue weighted by Gasteiger charge is -2.36. The molecule has 0 bridgehead atoms. The van der Waals surface area contributed by atoms with Gasteiger partial charge in [-0.1, -0.05) is 91.0 Å². The second kappa shape index (κ2) is 8.96. The summed E-state index contributed by atoms with van der Waals surface area (Å²) in [6, 6.07) is 30.1. The number of hydrogen-bond acceptors (Lipinski definition) is 3. The van der Waals surface area contributed by atoms with Gasteiger partial charge in [-0.15, -0.1) is 0 Å². The topological polar surface area (TPSA) is 49.7 Å². The van der Waals surface area contributed by atoms with Crippen molar-refractivity contribution < 1.29 is 14.9 Å². The van der Waals surface area contributed by atoms with E-state index in [1.807, 2.05) is 91.0 Å². The van der Waals surface area contributed by atoms with E-state index in [1.165, 1.54) is 0 Å². The number of benzene rings is 3. The van der Waals surface area contributed by atoms with E-state index in [9.17, 15) is 10.2 Å². The molecule has 3 aromatic rings. The monoisotopic (exact) mass is 362 g/mol. The Bertz CT molecular complexity index is 704. The molecule has 2 N–H and O–H groups in total. The van der Waals surface area contributed by atoms with Crippen molar-refractivity contribution in [3.8, 4) is 0 Å². The second-order valence-corrected chi connectivity index (χ2v) is 6.83. The van der Waals surface area contributed by atoms with Gasteiger partial charge in [0.15, 0.2) is 0 Å². The zero-order valence-corrected chi connectivity index (χ0v) is 15.5. The molecule has 0 aromatic heterocycles. The average molecular weight is 362 g/mol. The van der Waals surface area contributed by atoms with E-state index in [1.54, 1.807) is 6.92 Å². The molecule has 0 amide bonds. The van der Waals surface area contributed by atoms with Crippen molar-refractivity contribution >= 4 is 0 Å². The first-order valence-corrected chi connectivity index (χ1v) is 9.29. The van der Waals surface area contributed by atoms with Crippen LogP contribution in [-0.4, -0.2) is 29.0 Å². The van der Waals surface area contributed by atoms with Crippen LogP contribution in [0, 0.1) is 0 Å². The summed E-state index contributed by atoms with van der Waals surface area (Å²) in [6.45, 7) is 1.78. The molecule has 27 heavy (non-hydrogen) atoms. The van der Waals surface area contributed by atoms with E-state index in [0.717, 1.165) is 16.7 Å². The van der Waals surface area contributed by atoms with Crippen LogP contribution in [0.1, 0.15) is 30.0 Å². The van der Waals surface area contributed by atoms with Crippen LogP contribution in [0.3, 0.4) is 0 Å². The molecule has 0 aliphatic carbocycles.